The molecule has 0 aliphatic carbocycles. The van der Waals surface area contributed by atoms with Gasteiger partial charge in [0.2, 0.25) is 0 Å². The molecule has 0 spiro atoms. The van der Waals surface area contributed by atoms with Gasteiger partial charge in [-0.05, 0) is 31.3 Å². The Balaban J connectivity index is 2.32. The molecule has 0 fully saturated rings. The second-order valence-corrected chi connectivity index (χ2v) is 3.98. The van der Waals surface area contributed by atoms with Gasteiger partial charge < -0.3 is 14.5 Å². The molecule has 4 heteroatoms. The van der Waals surface area contributed by atoms with E-state index in [0.717, 1.165) is 5.76 Å². The molecule has 1 atom stereocenters. The van der Waals surface area contributed by atoms with Gasteiger partial charge in [0.15, 0.2) is 0 Å². The Morgan fingerprint density at radius 3 is 2.78 bits per heavy atom. The van der Waals surface area contributed by atoms with E-state index in [1.165, 1.54) is 13.2 Å². The van der Waals surface area contributed by atoms with Crippen molar-refractivity contribution in [3.05, 3.63) is 53.7 Å². The second kappa shape index (κ2) is 5.69. The topological polar surface area (TPSA) is 34.4 Å². The first-order valence-electron chi connectivity index (χ1n) is 5.78. The summed E-state index contributed by atoms with van der Waals surface area (Å²) in [5, 5.41) is 3.09. The summed E-state index contributed by atoms with van der Waals surface area (Å²) in [5.74, 6) is 1.07. The average molecular weight is 249 g/mol. The molecule has 0 aliphatic rings. The lowest BCUT2D eigenvalue weighted by Gasteiger charge is -2.19. The zero-order valence-corrected chi connectivity index (χ0v) is 10.4. The largest absolute Gasteiger partial charge is 0.496 e. The number of methoxy groups -OCH3 is 1. The number of rotatable bonds is 5. The normalized spacial score (nSPS) is 12.4. The fourth-order valence-corrected chi connectivity index (χ4v) is 2.01. The maximum Gasteiger partial charge on any atom is 0.131 e. The summed E-state index contributed by atoms with van der Waals surface area (Å²) < 4.78 is 24.5. The Kier molecular flexibility index (Phi) is 3.99. The van der Waals surface area contributed by atoms with Gasteiger partial charge in [0.05, 0.1) is 13.4 Å². The van der Waals surface area contributed by atoms with Crippen molar-refractivity contribution in [1.29, 1.82) is 0 Å². The first-order chi connectivity index (χ1) is 8.76. The molecule has 3 nitrogen and oxygen atoms in total. The van der Waals surface area contributed by atoms with Crippen molar-refractivity contribution in [2.24, 2.45) is 0 Å². The number of halogens is 1. The van der Waals surface area contributed by atoms with Gasteiger partial charge in [-0.1, -0.05) is 6.07 Å². The molecular formula is C14H16FNO2. The van der Waals surface area contributed by atoms with Crippen LogP contribution in [-0.4, -0.2) is 14.2 Å². The smallest absolute Gasteiger partial charge is 0.131 e. The van der Waals surface area contributed by atoms with Crippen LogP contribution in [0.5, 0.6) is 5.75 Å². The number of benzene rings is 1. The van der Waals surface area contributed by atoms with Crippen LogP contribution in [0.4, 0.5) is 4.39 Å². The van der Waals surface area contributed by atoms with Crippen LogP contribution in [-0.2, 0) is 6.42 Å². The van der Waals surface area contributed by atoms with Gasteiger partial charge in [-0.15, -0.1) is 0 Å². The van der Waals surface area contributed by atoms with Crippen LogP contribution in [0, 0.1) is 5.82 Å². The Morgan fingerprint density at radius 2 is 2.17 bits per heavy atom. The molecule has 2 rings (SSSR count). The molecule has 0 amide bonds. The molecule has 1 N–H and O–H groups in total. The van der Waals surface area contributed by atoms with Gasteiger partial charge in [-0.3, -0.25) is 0 Å². The molecule has 1 unspecified atom stereocenters. The van der Waals surface area contributed by atoms with Crippen molar-refractivity contribution in [1.82, 2.24) is 5.32 Å². The fraction of sp³-hybridized carbons (Fsp3) is 0.286. The fourth-order valence-electron chi connectivity index (χ4n) is 2.01. The number of furan rings is 1. The van der Waals surface area contributed by atoms with E-state index in [-0.39, 0.29) is 11.9 Å². The van der Waals surface area contributed by atoms with Crippen molar-refractivity contribution in [3.63, 3.8) is 0 Å². The number of nitrogens with one attached hydrogen (secondary N) is 1. The summed E-state index contributed by atoms with van der Waals surface area (Å²) in [4.78, 5) is 0. The highest BCUT2D eigenvalue weighted by atomic mass is 19.1. The minimum atomic E-state index is -0.278. The highest BCUT2D eigenvalue weighted by Gasteiger charge is 2.20. The third kappa shape index (κ3) is 2.54. The molecule has 0 bridgehead atoms. The van der Waals surface area contributed by atoms with Crippen molar-refractivity contribution in [3.8, 4) is 5.75 Å². The van der Waals surface area contributed by atoms with E-state index in [1.54, 1.807) is 25.4 Å². The summed E-state index contributed by atoms with van der Waals surface area (Å²) in [6.07, 6.45) is 2.18. The van der Waals surface area contributed by atoms with Crippen LogP contribution in [0.1, 0.15) is 17.4 Å². The van der Waals surface area contributed by atoms with Crippen LogP contribution >= 0.6 is 0 Å². The van der Waals surface area contributed by atoms with Gasteiger partial charge >= 0.3 is 0 Å². The predicted molar refractivity (Wildman–Crippen MR) is 67.2 cm³/mol. The van der Waals surface area contributed by atoms with Crippen LogP contribution in [0.15, 0.2) is 41.0 Å². The predicted octanol–water partition coefficient (Wildman–Crippen LogP) is 2.93. The second-order valence-electron chi connectivity index (χ2n) is 3.98. The summed E-state index contributed by atoms with van der Waals surface area (Å²) in [5.41, 5.74) is 0.527. The van der Waals surface area contributed by atoms with E-state index in [0.29, 0.717) is 17.7 Å². The van der Waals surface area contributed by atoms with E-state index < -0.39 is 0 Å². The van der Waals surface area contributed by atoms with E-state index in [2.05, 4.69) is 5.32 Å². The Morgan fingerprint density at radius 1 is 1.33 bits per heavy atom. The standard InChI is InChI=1S/C14H16FNO2/c1-16-12(9-10-5-4-8-18-10)14-11(15)6-3-7-13(14)17-2/h3-8,12,16H,9H2,1-2H3. The SMILES string of the molecule is CNC(Cc1ccco1)c1c(F)cccc1OC. The molecule has 1 heterocycles. The summed E-state index contributed by atoms with van der Waals surface area (Å²) in [6, 6.07) is 8.33. The Bertz CT molecular complexity index is 497. The number of ether oxygens (including phenoxy) is 1. The van der Waals surface area contributed by atoms with E-state index in [4.69, 9.17) is 9.15 Å². The number of hydrogen-bond acceptors (Lipinski definition) is 3. The van der Waals surface area contributed by atoms with Crippen molar-refractivity contribution < 1.29 is 13.5 Å². The molecule has 0 saturated carbocycles. The van der Waals surface area contributed by atoms with Gasteiger partial charge in [0, 0.05) is 18.0 Å². The maximum atomic E-state index is 14.0. The molecule has 0 saturated heterocycles. The molecular weight excluding hydrogens is 233 g/mol. The first kappa shape index (κ1) is 12.6. The Hall–Kier alpha value is -1.81. The molecule has 0 aliphatic heterocycles. The van der Waals surface area contributed by atoms with Crippen LogP contribution in [0.25, 0.3) is 0 Å². The van der Waals surface area contributed by atoms with Crippen LogP contribution < -0.4 is 10.1 Å². The van der Waals surface area contributed by atoms with Gasteiger partial charge in [0.1, 0.15) is 17.3 Å². The van der Waals surface area contributed by atoms with Crippen molar-refractivity contribution in [2.45, 2.75) is 12.5 Å². The van der Waals surface area contributed by atoms with Crippen molar-refractivity contribution in [2.75, 3.05) is 14.2 Å². The van der Waals surface area contributed by atoms with Crippen LogP contribution in [0.3, 0.4) is 0 Å². The Labute approximate surface area is 106 Å². The van der Waals surface area contributed by atoms with E-state index in [9.17, 15) is 4.39 Å². The molecule has 96 valence electrons. The summed E-state index contributed by atoms with van der Waals surface area (Å²) in [7, 11) is 3.33. The third-order valence-corrected chi connectivity index (χ3v) is 2.92. The maximum absolute atomic E-state index is 14.0. The highest BCUT2D eigenvalue weighted by Crippen LogP contribution is 2.29. The lowest BCUT2D eigenvalue weighted by Crippen LogP contribution is -2.20. The van der Waals surface area contributed by atoms with Crippen molar-refractivity contribution >= 4 is 0 Å². The van der Waals surface area contributed by atoms with Crippen LogP contribution in [0.2, 0.25) is 0 Å². The number of likely N-dealkylation sites (N-methyl/N-ethyl adjacent to an activating group) is 1. The monoisotopic (exact) mass is 249 g/mol. The lowest BCUT2D eigenvalue weighted by atomic mass is 10.0. The molecule has 0 radical (unpaired) electrons. The molecule has 1 aromatic carbocycles. The highest BCUT2D eigenvalue weighted by molar-refractivity contribution is 5.37. The zero-order chi connectivity index (χ0) is 13.0. The average Bonchev–Trinajstić information content (AvgIpc) is 2.89. The minimum absolute atomic E-state index is 0.188. The molecule has 2 aromatic rings. The zero-order valence-electron chi connectivity index (χ0n) is 10.4. The summed E-state index contributed by atoms with van der Waals surface area (Å²) >= 11 is 0. The minimum Gasteiger partial charge on any atom is -0.496 e. The lowest BCUT2D eigenvalue weighted by molar-refractivity contribution is 0.387. The van der Waals surface area contributed by atoms with Gasteiger partial charge in [-0.2, -0.15) is 0 Å². The van der Waals surface area contributed by atoms with E-state index in [1.807, 2.05) is 12.1 Å². The summed E-state index contributed by atoms with van der Waals surface area (Å²) in [6.45, 7) is 0. The first-order valence-corrected chi connectivity index (χ1v) is 5.78. The third-order valence-electron chi connectivity index (χ3n) is 2.92. The molecule has 18 heavy (non-hydrogen) atoms. The van der Waals surface area contributed by atoms with E-state index >= 15 is 0 Å². The van der Waals surface area contributed by atoms with Gasteiger partial charge in [-0.25, -0.2) is 4.39 Å². The van der Waals surface area contributed by atoms with Gasteiger partial charge in [0.25, 0.3) is 0 Å². The quantitative estimate of drug-likeness (QED) is 0.884. The number of hydrogen-bond donors (Lipinski definition) is 1. The molecule has 1 aromatic heterocycles.